The lowest BCUT2D eigenvalue weighted by molar-refractivity contribution is 0.284. The lowest BCUT2D eigenvalue weighted by Crippen LogP contribution is -2.14. The third kappa shape index (κ3) is 2.78. The normalized spacial score (nSPS) is 14.2. The molecule has 0 saturated heterocycles. The van der Waals surface area contributed by atoms with Crippen molar-refractivity contribution in [1.82, 2.24) is 14.8 Å². The smallest absolute Gasteiger partial charge is 0.171 e. The number of benzene rings is 1. The number of nitrogens with zero attached hydrogens (tertiary/aromatic N) is 3. The van der Waals surface area contributed by atoms with Crippen molar-refractivity contribution in [3.05, 3.63) is 40.1 Å². The van der Waals surface area contributed by atoms with Crippen LogP contribution in [0.5, 0.6) is 5.75 Å². The van der Waals surface area contributed by atoms with Crippen LogP contribution >= 0.6 is 15.9 Å². The van der Waals surface area contributed by atoms with Crippen molar-refractivity contribution >= 4 is 15.9 Å². The number of rotatable bonds is 3. The number of aryl methyl sites for hydroxylation is 1. The molecule has 0 fully saturated rings. The molecule has 0 bridgehead atoms. The fourth-order valence-electron chi connectivity index (χ4n) is 2.24. The summed E-state index contributed by atoms with van der Waals surface area (Å²) in [6, 6.07) is 4.49. The fourth-order valence-corrected chi connectivity index (χ4v) is 2.68. The van der Waals surface area contributed by atoms with Crippen molar-refractivity contribution in [1.29, 1.82) is 0 Å². The van der Waals surface area contributed by atoms with Gasteiger partial charge in [-0.3, -0.25) is 0 Å². The molecule has 0 radical (unpaired) electrons. The zero-order chi connectivity index (χ0) is 13.2. The third-order valence-electron chi connectivity index (χ3n) is 3.14. The van der Waals surface area contributed by atoms with Crippen molar-refractivity contribution in [2.45, 2.75) is 32.4 Å². The molecule has 6 heteroatoms. The molecular formula is C13H13BrFN3O. The van der Waals surface area contributed by atoms with Crippen LogP contribution in [0.1, 0.15) is 24.5 Å². The molecule has 0 spiro atoms. The van der Waals surface area contributed by atoms with Gasteiger partial charge in [-0.1, -0.05) is 15.9 Å². The van der Waals surface area contributed by atoms with Gasteiger partial charge in [-0.05, 0) is 25.0 Å². The van der Waals surface area contributed by atoms with E-state index in [-0.39, 0.29) is 5.82 Å². The van der Waals surface area contributed by atoms with Crippen molar-refractivity contribution in [3.63, 3.8) is 0 Å². The van der Waals surface area contributed by atoms with Gasteiger partial charge in [0.2, 0.25) is 0 Å². The maximum absolute atomic E-state index is 13.2. The van der Waals surface area contributed by atoms with Gasteiger partial charge in [0.15, 0.2) is 5.82 Å². The molecule has 0 amide bonds. The Labute approximate surface area is 118 Å². The molecule has 3 rings (SSSR count). The van der Waals surface area contributed by atoms with E-state index in [1.807, 2.05) is 0 Å². The van der Waals surface area contributed by atoms with Crippen LogP contribution in [0.2, 0.25) is 0 Å². The molecule has 100 valence electrons. The van der Waals surface area contributed by atoms with Crippen LogP contribution in [0.15, 0.2) is 22.7 Å². The Morgan fingerprint density at radius 3 is 3.00 bits per heavy atom. The van der Waals surface area contributed by atoms with Crippen molar-refractivity contribution in [3.8, 4) is 5.75 Å². The van der Waals surface area contributed by atoms with Gasteiger partial charge < -0.3 is 9.30 Å². The molecule has 1 aliphatic heterocycles. The number of fused-ring (bicyclic) bond motifs is 1. The highest BCUT2D eigenvalue weighted by Crippen LogP contribution is 2.22. The quantitative estimate of drug-likeness (QED) is 0.870. The minimum absolute atomic E-state index is 0.308. The van der Waals surface area contributed by atoms with E-state index in [1.165, 1.54) is 12.1 Å². The van der Waals surface area contributed by atoms with E-state index in [9.17, 15) is 4.39 Å². The minimum Gasteiger partial charge on any atom is -0.485 e. The highest BCUT2D eigenvalue weighted by atomic mass is 79.9. The van der Waals surface area contributed by atoms with Gasteiger partial charge in [-0.15, -0.1) is 10.2 Å². The summed E-state index contributed by atoms with van der Waals surface area (Å²) >= 11 is 3.24. The Kier molecular flexibility index (Phi) is 3.50. The summed E-state index contributed by atoms with van der Waals surface area (Å²) in [5.74, 6) is 1.98. The summed E-state index contributed by atoms with van der Waals surface area (Å²) in [6.45, 7) is 1.25. The zero-order valence-electron chi connectivity index (χ0n) is 10.3. The summed E-state index contributed by atoms with van der Waals surface area (Å²) in [4.78, 5) is 0. The highest BCUT2D eigenvalue weighted by molar-refractivity contribution is 9.10. The molecular weight excluding hydrogens is 313 g/mol. The number of hydrogen-bond acceptors (Lipinski definition) is 3. The molecule has 0 N–H and O–H groups in total. The summed E-state index contributed by atoms with van der Waals surface area (Å²) in [6.07, 6.45) is 3.28. The molecule has 0 unspecified atom stereocenters. The predicted molar refractivity (Wildman–Crippen MR) is 71.4 cm³/mol. The molecule has 0 aliphatic carbocycles. The van der Waals surface area contributed by atoms with Gasteiger partial charge in [0, 0.05) is 23.5 Å². The van der Waals surface area contributed by atoms with E-state index in [0.717, 1.165) is 37.5 Å². The first kappa shape index (κ1) is 12.6. The van der Waals surface area contributed by atoms with E-state index in [2.05, 4.69) is 30.7 Å². The van der Waals surface area contributed by atoms with Crippen LogP contribution in [0.25, 0.3) is 0 Å². The van der Waals surface area contributed by atoms with E-state index in [1.54, 1.807) is 6.07 Å². The molecule has 4 nitrogen and oxygen atoms in total. The first-order valence-electron chi connectivity index (χ1n) is 6.22. The van der Waals surface area contributed by atoms with Crippen LogP contribution in [0.3, 0.4) is 0 Å². The largest absolute Gasteiger partial charge is 0.485 e. The lowest BCUT2D eigenvalue weighted by Gasteiger charge is -2.15. The first-order valence-corrected chi connectivity index (χ1v) is 7.01. The maximum Gasteiger partial charge on any atom is 0.171 e. The van der Waals surface area contributed by atoms with Crippen LogP contribution in [0, 0.1) is 5.82 Å². The van der Waals surface area contributed by atoms with Crippen LogP contribution in [0.4, 0.5) is 4.39 Å². The van der Waals surface area contributed by atoms with E-state index >= 15 is 0 Å². The monoisotopic (exact) mass is 325 g/mol. The Morgan fingerprint density at radius 1 is 1.26 bits per heavy atom. The van der Waals surface area contributed by atoms with Crippen LogP contribution in [-0.4, -0.2) is 14.8 Å². The minimum atomic E-state index is -0.326. The zero-order valence-corrected chi connectivity index (χ0v) is 11.9. The fraction of sp³-hybridized carbons (Fsp3) is 0.385. The predicted octanol–water partition coefficient (Wildman–Crippen LogP) is 3.10. The Bertz CT molecular complexity index is 579. The van der Waals surface area contributed by atoms with E-state index in [0.29, 0.717) is 16.8 Å². The topological polar surface area (TPSA) is 39.9 Å². The summed E-state index contributed by atoms with van der Waals surface area (Å²) in [7, 11) is 0. The molecule has 0 atom stereocenters. The molecule has 2 aromatic rings. The first-order chi connectivity index (χ1) is 9.22. The molecule has 1 aromatic carbocycles. The SMILES string of the molecule is Fc1cc(Br)cc(OCc2nnc3n2CCCC3)c1. The second kappa shape index (κ2) is 5.28. The molecule has 1 aromatic heterocycles. The summed E-state index contributed by atoms with van der Waals surface area (Å²) in [5, 5.41) is 8.29. The van der Waals surface area contributed by atoms with Crippen molar-refractivity contribution in [2.75, 3.05) is 0 Å². The van der Waals surface area contributed by atoms with Gasteiger partial charge in [0.25, 0.3) is 0 Å². The van der Waals surface area contributed by atoms with Gasteiger partial charge in [0.1, 0.15) is 24.0 Å². The average molecular weight is 326 g/mol. The number of ether oxygens (including phenoxy) is 1. The van der Waals surface area contributed by atoms with Gasteiger partial charge >= 0.3 is 0 Å². The Morgan fingerprint density at radius 2 is 2.16 bits per heavy atom. The molecule has 0 saturated carbocycles. The second-order valence-corrected chi connectivity index (χ2v) is 5.45. The Hall–Kier alpha value is -1.43. The van der Waals surface area contributed by atoms with E-state index in [4.69, 9.17) is 4.74 Å². The van der Waals surface area contributed by atoms with Crippen LogP contribution < -0.4 is 4.74 Å². The molecule has 1 aliphatic rings. The summed E-state index contributed by atoms with van der Waals surface area (Å²) in [5.41, 5.74) is 0. The van der Waals surface area contributed by atoms with Crippen molar-refractivity contribution < 1.29 is 9.13 Å². The van der Waals surface area contributed by atoms with Crippen LogP contribution in [-0.2, 0) is 19.6 Å². The third-order valence-corrected chi connectivity index (χ3v) is 3.60. The number of halogens is 2. The average Bonchev–Trinajstić information content (AvgIpc) is 2.78. The van der Waals surface area contributed by atoms with Crippen molar-refractivity contribution in [2.24, 2.45) is 0 Å². The molecule has 19 heavy (non-hydrogen) atoms. The number of hydrogen-bond donors (Lipinski definition) is 0. The standard InChI is InChI=1S/C13H13BrFN3O/c14-9-5-10(15)7-11(6-9)19-8-13-17-16-12-3-1-2-4-18(12)13/h5-7H,1-4,8H2. The Balaban J connectivity index is 1.74. The van der Waals surface area contributed by atoms with E-state index < -0.39 is 0 Å². The van der Waals surface area contributed by atoms with Gasteiger partial charge in [0.05, 0.1) is 0 Å². The second-order valence-electron chi connectivity index (χ2n) is 4.54. The highest BCUT2D eigenvalue weighted by Gasteiger charge is 2.15. The summed E-state index contributed by atoms with van der Waals surface area (Å²) < 4.78 is 21.6. The van der Waals surface area contributed by atoms with Gasteiger partial charge in [-0.25, -0.2) is 4.39 Å². The lowest BCUT2D eigenvalue weighted by atomic mass is 10.2. The maximum atomic E-state index is 13.2. The number of aromatic nitrogens is 3. The molecule has 2 heterocycles. The van der Waals surface area contributed by atoms with Gasteiger partial charge in [-0.2, -0.15) is 0 Å².